The molecule has 0 amide bonds. The lowest BCUT2D eigenvalue weighted by atomic mass is 9.32. The van der Waals surface area contributed by atoms with Crippen LogP contribution in [-0.4, -0.2) is 70.0 Å². The van der Waals surface area contributed by atoms with E-state index in [0.29, 0.717) is 54.1 Å². The number of fused-ring (bicyclic) bond motifs is 7. The number of carbonyl (C=O) groups excluding carboxylic acids is 3. The third-order valence-electron chi connectivity index (χ3n) is 19.5. The molecule has 0 radical (unpaired) electrons. The molecule has 5 aliphatic carbocycles. The number of aromatic nitrogens is 2. The third-order valence-corrected chi connectivity index (χ3v) is 19.5. The number of H-pyrrole nitrogens is 1. The summed E-state index contributed by atoms with van der Waals surface area (Å²) >= 11 is 0. The van der Waals surface area contributed by atoms with Gasteiger partial charge in [-0.2, -0.15) is 0 Å². The summed E-state index contributed by atoms with van der Waals surface area (Å²) in [4.78, 5) is 81.0. The molecular weight excluding hydrogens is 871 g/mol. The zero-order valence-corrected chi connectivity index (χ0v) is 42.5. The molecule has 0 bridgehead atoms. The topological polar surface area (TPSA) is 231 Å². The van der Waals surface area contributed by atoms with Crippen LogP contribution in [0.5, 0.6) is 0 Å². The van der Waals surface area contributed by atoms with Crippen molar-refractivity contribution in [2.45, 2.75) is 196 Å². The number of nitrogens with one attached hydrogen (secondary N) is 2. The summed E-state index contributed by atoms with van der Waals surface area (Å²) in [6.07, 6.45) is 10.9. The first-order valence-corrected chi connectivity index (χ1v) is 25.6. The van der Waals surface area contributed by atoms with Crippen LogP contribution in [0.1, 0.15) is 177 Å². The fourth-order valence-corrected chi connectivity index (χ4v) is 16.0. The first-order chi connectivity index (χ1) is 31.8. The highest BCUT2D eigenvalue weighted by atomic mass is 16.6. The molecule has 3 N–H and O–H groups in total. The Balaban J connectivity index is 0.976. The average Bonchev–Trinajstić information content (AvgIpc) is 3.83. The van der Waals surface area contributed by atoms with Gasteiger partial charge in [-0.1, -0.05) is 62.3 Å². The molecule has 2 heterocycles. The standard InChI is InChI=1S/C52H79N5O11/c1-30(2)32-16-21-52(29-66-43(62)26-47(4,5)25-42(61)65-28-35-34(55-56-53)24-39(67-35)57-27-31(3)45(63)54-46(57)64)23-22-50(9)33(44(32)52)14-15-37-49(8)19-18-38(68-41(60)13-11-12-40(58)59)48(6,7)36(49)17-20-51(37,50)10/h27,30,32-39,44,53H,11-26,28-29H2,1-10H3,(H-,54,58,59,63,64)/p+1/t32-,33+,34?,35?,36-,37+,38-,39?,44+,49-,50+,51+,52+/m0/s1. The highest BCUT2D eigenvalue weighted by Gasteiger charge is 2.71. The molecule has 1 aromatic rings. The van der Waals surface area contributed by atoms with Gasteiger partial charge in [-0.25, -0.2) is 4.79 Å². The number of aryl methyl sites for hydroxylation is 1. The van der Waals surface area contributed by atoms with Crippen LogP contribution in [0.25, 0.3) is 0 Å². The van der Waals surface area contributed by atoms with E-state index < -0.39 is 47.0 Å². The lowest BCUT2D eigenvalue weighted by molar-refractivity contribution is -0.253. The summed E-state index contributed by atoms with van der Waals surface area (Å²) < 4.78 is 25.5. The lowest BCUT2D eigenvalue weighted by Gasteiger charge is -2.73. The van der Waals surface area contributed by atoms with Gasteiger partial charge >= 0.3 is 29.6 Å². The number of hydrogen-bond acceptors (Lipinski definition) is 12. The van der Waals surface area contributed by atoms with Gasteiger partial charge in [0.15, 0.2) is 6.04 Å². The van der Waals surface area contributed by atoms with Crippen molar-refractivity contribution in [3.05, 3.63) is 32.6 Å². The molecule has 7 rings (SSSR count). The van der Waals surface area contributed by atoms with E-state index in [-0.39, 0.29) is 83.8 Å². The number of carboxylic acids is 1. The number of aliphatic carboxylic acids is 1. The number of nitrogens with zero attached hydrogens (tertiary/aromatic N) is 3. The molecular formula is C52H80N5O11+. The Labute approximate surface area is 401 Å². The van der Waals surface area contributed by atoms with Gasteiger partial charge in [0.05, 0.1) is 19.4 Å². The van der Waals surface area contributed by atoms with Gasteiger partial charge in [0.2, 0.25) is 4.91 Å². The van der Waals surface area contributed by atoms with Crippen LogP contribution < -0.4 is 16.2 Å². The van der Waals surface area contributed by atoms with Crippen LogP contribution >= 0.6 is 0 Å². The van der Waals surface area contributed by atoms with Crippen molar-refractivity contribution in [2.24, 2.45) is 73.1 Å². The van der Waals surface area contributed by atoms with E-state index in [0.717, 1.165) is 64.2 Å². The number of esters is 3. The maximum absolute atomic E-state index is 13.8. The molecule has 6 fully saturated rings. The zero-order valence-electron chi connectivity index (χ0n) is 42.5. The quantitative estimate of drug-likeness (QED) is 0.0613. The normalized spacial score (nSPS) is 37.1. The number of aromatic amines is 1. The Bertz CT molecular complexity index is 2270. The summed E-state index contributed by atoms with van der Waals surface area (Å²) in [5, 5.41) is 13.0. The molecule has 68 heavy (non-hydrogen) atoms. The zero-order chi connectivity index (χ0) is 49.8. The number of hydrogen-bond donors (Lipinski definition) is 3. The Morgan fingerprint density at radius 3 is 2.29 bits per heavy atom. The van der Waals surface area contributed by atoms with E-state index in [9.17, 15) is 28.8 Å². The third kappa shape index (κ3) is 9.54. The molecule has 0 spiro atoms. The number of carbonyl (C=O) groups is 4. The van der Waals surface area contributed by atoms with Gasteiger partial charge < -0.3 is 24.1 Å². The Morgan fingerprint density at radius 1 is 0.912 bits per heavy atom. The smallest absolute Gasteiger partial charge is 0.330 e. The van der Waals surface area contributed by atoms with E-state index in [2.05, 4.69) is 63.5 Å². The summed E-state index contributed by atoms with van der Waals surface area (Å²) in [6, 6.07) is -0.654. The van der Waals surface area contributed by atoms with Gasteiger partial charge in [-0.05, 0) is 135 Å². The van der Waals surface area contributed by atoms with E-state index in [1.54, 1.807) is 6.92 Å². The first kappa shape index (κ1) is 51.7. The maximum Gasteiger partial charge on any atom is 0.330 e. The van der Waals surface area contributed by atoms with E-state index >= 15 is 0 Å². The summed E-state index contributed by atoms with van der Waals surface area (Å²) in [6.45, 7) is 22.6. The molecule has 3 unspecified atom stereocenters. The van der Waals surface area contributed by atoms with Crippen molar-refractivity contribution in [3.63, 3.8) is 0 Å². The van der Waals surface area contributed by atoms with Gasteiger partial charge in [0, 0.05) is 41.9 Å². The van der Waals surface area contributed by atoms with Crippen LogP contribution in [0.15, 0.2) is 20.9 Å². The number of ether oxygens (including phenoxy) is 4. The van der Waals surface area contributed by atoms with Crippen molar-refractivity contribution >= 4 is 23.9 Å². The minimum atomic E-state index is -0.896. The summed E-state index contributed by atoms with van der Waals surface area (Å²) in [7, 11) is 0. The second-order valence-corrected chi connectivity index (χ2v) is 24.6. The van der Waals surface area contributed by atoms with Crippen molar-refractivity contribution in [2.75, 3.05) is 13.2 Å². The number of carboxylic acid groups (broad SMARTS) is 1. The predicted octanol–water partition coefficient (Wildman–Crippen LogP) is 8.85. The van der Waals surface area contributed by atoms with Gasteiger partial charge in [0.1, 0.15) is 35.7 Å². The molecule has 6 aliphatic rings. The summed E-state index contributed by atoms with van der Waals surface area (Å²) in [5.41, 5.74) is 5.77. The monoisotopic (exact) mass is 951 g/mol. The fraction of sp³-hybridized carbons (Fsp3) is 0.846. The van der Waals surface area contributed by atoms with Crippen LogP contribution in [0.2, 0.25) is 0 Å². The molecule has 1 aromatic heterocycles. The Morgan fingerprint density at radius 2 is 1.62 bits per heavy atom. The van der Waals surface area contributed by atoms with Crippen molar-refractivity contribution in [1.29, 1.82) is 5.53 Å². The molecule has 1 aliphatic heterocycles. The minimum Gasteiger partial charge on any atom is -0.481 e. The van der Waals surface area contributed by atoms with E-state index in [1.165, 1.54) is 10.8 Å². The van der Waals surface area contributed by atoms with Crippen LogP contribution in [0.3, 0.4) is 0 Å². The van der Waals surface area contributed by atoms with Crippen molar-refractivity contribution in [3.8, 4) is 0 Å². The van der Waals surface area contributed by atoms with Crippen LogP contribution in [0.4, 0.5) is 0 Å². The van der Waals surface area contributed by atoms with Gasteiger partial charge in [-0.3, -0.25) is 33.5 Å². The predicted molar refractivity (Wildman–Crippen MR) is 251 cm³/mol. The highest BCUT2D eigenvalue weighted by Crippen LogP contribution is 2.77. The molecule has 0 aromatic carbocycles. The van der Waals surface area contributed by atoms with Crippen LogP contribution in [-0.2, 0) is 38.1 Å². The van der Waals surface area contributed by atoms with E-state index in [1.807, 2.05) is 13.8 Å². The molecule has 16 nitrogen and oxygen atoms in total. The molecule has 5 saturated carbocycles. The fourth-order valence-electron chi connectivity index (χ4n) is 16.0. The highest BCUT2D eigenvalue weighted by molar-refractivity contribution is 5.74. The van der Waals surface area contributed by atoms with Crippen molar-refractivity contribution in [1.82, 2.24) is 14.5 Å². The summed E-state index contributed by atoms with van der Waals surface area (Å²) in [5.74, 6) is 0.921. The van der Waals surface area contributed by atoms with E-state index in [4.69, 9.17) is 29.6 Å². The first-order valence-electron chi connectivity index (χ1n) is 25.6. The molecule has 1 saturated heterocycles. The largest absolute Gasteiger partial charge is 0.481 e. The van der Waals surface area contributed by atoms with Gasteiger partial charge in [-0.15, -0.1) is 0 Å². The minimum absolute atomic E-state index is 0.0326. The Kier molecular flexibility index (Phi) is 14.6. The average molecular weight is 951 g/mol. The van der Waals surface area contributed by atoms with Crippen LogP contribution in [0, 0.1) is 80.5 Å². The number of rotatable bonds is 16. The van der Waals surface area contributed by atoms with Gasteiger partial charge in [0.25, 0.3) is 5.56 Å². The second kappa shape index (κ2) is 19.2. The lowest BCUT2D eigenvalue weighted by Crippen LogP contribution is -2.67. The molecule has 13 atom stereocenters. The molecule has 16 heteroatoms. The maximum atomic E-state index is 13.8. The van der Waals surface area contributed by atoms with Crippen molar-refractivity contribution < 1.29 is 43.2 Å². The SMILES string of the molecule is Cc1cn(C2CC(N=[N+]=N)C(COC(=O)CC(C)(C)CC(=O)OC[C@]34CC[C@@H](C(C)C)[C@@H]3[C@H]3CC[C@@H]5[C@@]6(C)CC[C@H](OC(=O)CCCC(=O)O)C(C)(C)[C@@H]6CC[C@@]5(C)[C@]3(C)CC4)O2)c(=O)[nH]c1=O. The second-order valence-electron chi connectivity index (χ2n) is 24.6. The molecule has 378 valence electrons. The Hall–Kier alpha value is -4.17.